The van der Waals surface area contributed by atoms with Crippen LogP contribution in [0.5, 0.6) is 0 Å². The number of aliphatic carboxylic acids is 1. The van der Waals surface area contributed by atoms with Gasteiger partial charge < -0.3 is 10.2 Å². The van der Waals surface area contributed by atoms with Crippen LogP contribution in [0.3, 0.4) is 0 Å². The second-order valence-corrected chi connectivity index (χ2v) is 5.01. The number of aliphatic hydroxyl groups excluding tert-OH is 1. The molecule has 0 bridgehead atoms. The molecule has 0 atom stereocenters. The SMILES string of the molecule is CCc1nn(C)cc1-n1c(CO)nnc1SCC(=O)O. The lowest BCUT2D eigenvalue weighted by Gasteiger charge is -2.07. The summed E-state index contributed by atoms with van der Waals surface area (Å²) in [6, 6.07) is 0. The standard InChI is InChI=1S/C11H15N5O3S/c1-3-7-8(4-15(2)14-7)16-9(5-17)12-13-11(16)20-6-10(18)19/h4,17H,3,5-6H2,1-2H3,(H,18,19). The van der Waals surface area contributed by atoms with Crippen LogP contribution >= 0.6 is 11.8 Å². The fraction of sp³-hybridized carbons (Fsp3) is 0.455. The Labute approximate surface area is 119 Å². The van der Waals surface area contributed by atoms with Crippen LogP contribution in [0.2, 0.25) is 0 Å². The molecule has 2 aromatic rings. The number of carbonyl (C=O) groups is 1. The lowest BCUT2D eigenvalue weighted by atomic mass is 10.3. The second kappa shape index (κ2) is 6.06. The highest BCUT2D eigenvalue weighted by molar-refractivity contribution is 7.99. The average molecular weight is 297 g/mol. The maximum absolute atomic E-state index is 10.7. The zero-order valence-electron chi connectivity index (χ0n) is 11.1. The molecule has 0 aliphatic carbocycles. The highest BCUT2D eigenvalue weighted by Gasteiger charge is 2.19. The lowest BCUT2D eigenvalue weighted by Crippen LogP contribution is -2.06. The van der Waals surface area contributed by atoms with E-state index in [2.05, 4.69) is 15.3 Å². The molecule has 0 aliphatic heterocycles. The molecule has 2 heterocycles. The van der Waals surface area contributed by atoms with Crippen LogP contribution < -0.4 is 0 Å². The summed E-state index contributed by atoms with van der Waals surface area (Å²) in [4.78, 5) is 10.7. The Morgan fingerprint density at radius 1 is 1.45 bits per heavy atom. The first-order valence-corrected chi connectivity index (χ1v) is 6.98. The van der Waals surface area contributed by atoms with Gasteiger partial charge in [0.05, 0.1) is 17.1 Å². The first kappa shape index (κ1) is 14.5. The smallest absolute Gasteiger partial charge is 0.313 e. The van der Waals surface area contributed by atoms with Gasteiger partial charge in [-0.3, -0.25) is 14.0 Å². The first-order valence-electron chi connectivity index (χ1n) is 5.99. The normalized spacial score (nSPS) is 10.9. The Kier molecular flexibility index (Phi) is 4.40. The average Bonchev–Trinajstić information content (AvgIpc) is 2.98. The van der Waals surface area contributed by atoms with Gasteiger partial charge in [-0.1, -0.05) is 18.7 Å². The molecule has 20 heavy (non-hydrogen) atoms. The second-order valence-electron chi connectivity index (χ2n) is 4.06. The summed E-state index contributed by atoms with van der Waals surface area (Å²) in [5, 5.41) is 30.7. The van der Waals surface area contributed by atoms with E-state index in [-0.39, 0.29) is 12.4 Å². The number of nitrogens with zero attached hydrogens (tertiary/aromatic N) is 5. The lowest BCUT2D eigenvalue weighted by molar-refractivity contribution is -0.133. The van der Waals surface area contributed by atoms with E-state index in [4.69, 9.17) is 5.11 Å². The van der Waals surface area contributed by atoms with E-state index in [1.807, 2.05) is 6.92 Å². The number of aliphatic hydroxyl groups is 1. The number of aromatic nitrogens is 5. The van der Waals surface area contributed by atoms with Gasteiger partial charge in [0.1, 0.15) is 6.61 Å². The quantitative estimate of drug-likeness (QED) is 0.735. The summed E-state index contributed by atoms with van der Waals surface area (Å²) in [7, 11) is 1.80. The predicted molar refractivity (Wildman–Crippen MR) is 71.8 cm³/mol. The number of rotatable bonds is 6. The minimum atomic E-state index is -0.933. The van der Waals surface area contributed by atoms with Gasteiger partial charge in [0.2, 0.25) is 0 Å². The van der Waals surface area contributed by atoms with Gasteiger partial charge in [-0.2, -0.15) is 5.10 Å². The molecule has 0 saturated carbocycles. The molecule has 108 valence electrons. The fourth-order valence-electron chi connectivity index (χ4n) is 1.83. The van der Waals surface area contributed by atoms with Gasteiger partial charge in [0.25, 0.3) is 0 Å². The third-order valence-electron chi connectivity index (χ3n) is 2.63. The van der Waals surface area contributed by atoms with E-state index in [9.17, 15) is 9.90 Å². The molecular formula is C11H15N5O3S. The summed E-state index contributed by atoms with van der Waals surface area (Å²) >= 11 is 1.06. The third-order valence-corrected chi connectivity index (χ3v) is 3.54. The summed E-state index contributed by atoms with van der Waals surface area (Å²) in [5.41, 5.74) is 1.59. The van der Waals surface area contributed by atoms with Gasteiger partial charge in [-0.15, -0.1) is 10.2 Å². The minimum absolute atomic E-state index is 0.120. The largest absolute Gasteiger partial charge is 0.481 e. The highest BCUT2D eigenvalue weighted by atomic mass is 32.2. The number of thioether (sulfide) groups is 1. The molecule has 0 spiro atoms. The Balaban J connectivity index is 2.47. The van der Waals surface area contributed by atoms with Crippen LogP contribution in [-0.2, 0) is 24.9 Å². The molecular weight excluding hydrogens is 282 g/mol. The first-order chi connectivity index (χ1) is 9.56. The van der Waals surface area contributed by atoms with E-state index in [1.165, 1.54) is 0 Å². The molecule has 2 N–H and O–H groups in total. The number of hydrogen-bond acceptors (Lipinski definition) is 6. The van der Waals surface area contributed by atoms with Gasteiger partial charge in [0, 0.05) is 13.2 Å². The maximum Gasteiger partial charge on any atom is 0.313 e. The maximum atomic E-state index is 10.7. The van der Waals surface area contributed by atoms with E-state index >= 15 is 0 Å². The van der Waals surface area contributed by atoms with Crippen LogP contribution in [-0.4, -0.2) is 46.5 Å². The van der Waals surface area contributed by atoms with Crippen molar-refractivity contribution >= 4 is 17.7 Å². The fourth-order valence-corrected chi connectivity index (χ4v) is 2.51. The Morgan fingerprint density at radius 2 is 2.20 bits per heavy atom. The van der Waals surface area contributed by atoms with Gasteiger partial charge in [-0.05, 0) is 6.42 Å². The number of carboxylic acid groups (broad SMARTS) is 1. The van der Waals surface area contributed by atoms with Gasteiger partial charge in [-0.25, -0.2) is 0 Å². The van der Waals surface area contributed by atoms with Crippen LogP contribution in [0.4, 0.5) is 0 Å². The van der Waals surface area contributed by atoms with Crippen molar-refractivity contribution in [1.29, 1.82) is 0 Å². The van der Waals surface area contributed by atoms with Crippen molar-refractivity contribution in [2.24, 2.45) is 7.05 Å². The van der Waals surface area contributed by atoms with Crippen molar-refractivity contribution in [1.82, 2.24) is 24.5 Å². The summed E-state index contributed by atoms with van der Waals surface area (Å²) in [5.74, 6) is -0.691. The zero-order valence-corrected chi connectivity index (χ0v) is 12.0. The van der Waals surface area contributed by atoms with Crippen LogP contribution in [0, 0.1) is 0 Å². The Hall–Kier alpha value is -1.87. The van der Waals surface area contributed by atoms with Crippen molar-refractivity contribution in [3.8, 4) is 5.69 Å². The predicted octanol–water partition coefficient (Wildman–Crippen LogP) is 0.232. The molecule has 2 aromatic heterocycles. The molecule has 0 amide bonds. The summed E-state index contributed by atoms with van der Waals surface area (Å²) in [6.45, 7) is 1.69. The number of hydrogen-bond donors (Lipinski definition) is 2. The molecule has 0 aliphatic rings. The summed E-state index contributed by atoms with van der Waals surface area (Å²) < 4.78 is 3.32. The van der Waals surface area contributed by atoms with Gasteiger partial charge >= 0.3 is 5.97 Å². The minimum Gasteiger partial charge on any atom is -0.481 e. The highest BCUT2D eigenvalue weighted by Crippen LogP contribution is 2.24. The molecule has 0 fully saturated rings. The summed E-state index contributed by atoms with van der Waals surface area (Å²) in [6.07, 6.45) is 2.51. The zero-order chi connectivity index (χ0) is 14.7. The van der Waals surface area contributed by atoms with Crippen molar-refractivity contribution in [2.75, 3.05) is 5.75 Å². The molecule has 0 saturated heterocycles. The van der Waals surface area contributed by atoms with Gasteiger partial charge in [0.15, 0.2) is 11.0 Å². The molecule has 0 radical (unpaired) electrons. The van der Waals surface area contributed by atoms with Crippen molar-refractivity contribution in [3.05, 3.63) is 17.7 Å². The number of aryl methyl sites for hydroxylation is 2. The Bertz CT molecular complexity index is 622. The van der Waals surface area contributed by atoms with Crippen molar-refractivity contribution < 1.29 is 15.0 Å². The molecule has 0 unspecified atom stereocenters. The van der Waals surface area contributed by atoms with E-state index in [0.717, 1.165) is 23.1 Å². The molecule has 8 nitrogen and oxygen atoms in total. The van der Waals surface area contributed by atoms with E-state index < -0.39 is 5.97 Å². The third kappa shape index (κ3) is 2.83. The van der Waals surface area contributed by atoms with Crippen molar-refractivity contribution in [2.45, 2.75) is 25.1 Å². The van der Waals surface area contributed by atoms with Crippen LogP contribution in [0.25, 0.3) is 5.69 Å². The van der Waals surface area contributed by atoms with E-state index in [1.54, 1.807) is 22.5 Å². The monoisotopic (exact) mass is 297 g/mol. The van der Waals surface area contributed by atoms with Crippen LogP contribution in [0.1, 0.15) is 18.4 Å². The molecule has 2 rings (SSSR count). The van der Waals surface area contributed by atoms with Crippen LogP contribution in [0.15, 0.2) is 11.4 Å². The van der Waals surface area contributed by atoms with Crippen molar-refractivity contribution in [3.63, 3.8) is 0 Å². The topological polar surface area (TPSA) is 106 Å². The Morgan fingerprint density at radius 3 is 2.80 bits per heavy atom. The van der Waals surface area contributed by atoms with E-state index in [0.29, 0.717) is 17.4 Å². The molecule has 0 aromatic carbocycles. The number of carboxylic acids is 1. The molecule has 9 heteroatoms.